The highest BCUT2D eigenvalue weighted by atomic mass is 79.9. The maximum absolute atomic E-state index is 6.52. The van der Waals surface area contributed by atoms with Crippen molar-refractivity contribution >= 4 is 33.2 Å². The number of hydrogen-bond acceptors (Lipinski definition) is 1. The van der Waals surface area contributed by atoms with Crippen molar-refractivity contribution in [3.8, 4) is 0 Å². The van der Waals surface area contributed by atoms with E-state index in [1.54, 1.807) is 0 Å². The van der Waals surface area contributed by atoms with Crippen molar-refractivity contribution in [1.82, 2.24) is 0 Å². The van der Waals surface area contributed by atoms with Gasteiger partial charge < -0.3 is 5.32 Å². The molecule has 4 rings (SSSR count). The Bertz CT molecular complexity index is 768. The van der Waals surface area contributed by atoms with Gasteiger partial charge in [0.15, 0.2) is 0 Å². The summed E-state index contributed by atoms with van der Waals surface area (Å²) in [4.78, 5) is 0. The SMILES string of the molecule is Cc1ccc(Cl)c2c1NC(c1ccccc1Br)C1CC=CC21. The lowest BCUT2D eigenvalue weighted by atomic mass is 9.76. The van der Waals surface area contributed by atoms with E-state index in [1.807, 2.05) is 6.07 Å². The van der Waals surface area contributed by atoms with Crippen LogP contribution < -0.4 is 5.32 Å². The van der Waals surface area contributed by atoms with E-state index in [9.17, 15) is 0 Å². The Hall–Kier alpha value is -1.25. The van der Waals surface area contributed by atoms with Gasteiger partial charge in [-0.15, -0.1) is 0 Å². The summed E-state index contributed by atoms with van der Waals surface area (Å²) in [7, 11) is 0. The quantitative estimate of drug-likeness (QED) is 0.583. The third-order valence-corrected chi connectivity index (χ3v) is 5.97. The molecule has 0 amide bonds. The molecule has 2 aliphatic rings. The molecule has 2 aromatic rings. The van der Waals surface area contributed by atoms with Crippen LogP contribution in [-0.2, 0) is 0 Å². The minimum absolute atomic E-state index is 0.306. The second kappa shape index (κ2) is 5.43. The van der Waals surface area contributed by atoms with Crippen molar-refractivity contribution in [2.45, 2.75) is 25.3 Å². The van der Waals surface area contributed by atoms with Crippen molar-refractivity contribution in [3.05, 3.63) is 74.7 Å². The molecular weight excluding hydrogens is 358 g/mol. The maximum atomic E-state index is 6.52. The molecule has 3 heteroatoms. The van der Waals surface area contributed by atoms with Crippen LogP contribution in [0.2, 0.25) is 5.02 Å². The average molecular weight is 375 g/mol. The second-order valence-electron chi connectivity index (χ2n) is 6.15. The molecule has 2 aromatic carbocycles. The first-order chi connectivity index (χ1) is 10.7. The van der Waals surface area contributed by atoms with Crippen molar-refractivity contribution in [2.24, 2.45) is 5.92 Å². The fraction of sp³-hybridized carbons (Fsp3) is 0.263. The lowest BCUT2D eigenvalue weighted by Gasteiger charge is -2.39. The fourth-order valence-corrected chi connectivity index (χ4v) is 4.66. The van der Waals surface area contributed by atoms with Crippen LogP contribution >= 0.6 is 27.5 Å². The summed E-state index contributed by atoms with van der Waals surface area (Å²) >= 11 is 10.2. The normalized spacial score (nSPS) is 25.5. The van der Waals surface area contributed by atoms with Gasteiger partial charge in [0, 0.05) is 26.7 Å². The Kier molecular flexibility index (Phi) is 3.54. The minimum atomic E-state index is 0.306. The number of fused-ring (bicyclic) bond motifs is 3. The Balaban J connectivity index is 1.88. The van der Waals surface area contributed by atoms with Gasteiger partial charge in [-0.3, -0.25) is 0 Å². The summed E-state index contributed by atoms with van der Waals surface area (Å²) in [6, 6.07) is 12.9. The predicted molar refractivity (Wildman–Crippen MR) is 96.7 cm³/mol. The molecule has 0 fully saturated rings. The Morgan fingerprint density at radius 2 is 2.00 bits per heavy atom. The fourth-order valence-electron chi connectivity index (χ4n) is 3.84. The summed E-state index contributed by atoms with van der Waals surface area (Å²) < 4.78 is 1.17. The highest BCUT2D eigenvalue weighted by molar-refractivity contribution is 9.10. The van der Waals surface area contributed by atoms with Gasteiger partial charge in [0.25, 0.3) is 0 Å². The third-order valence-electron chi connectivity index (χ3n) is 4.92. The summed E-state index contributed by atoms with van der Waals surface area (Å²) in [5.74, 6) is 0.922. The number of benzene rings is 2. The summed E-state index contributed by atoms with van der Waals surface area (Å²) in [6.07, 6.45) is 5.72. The number of hydrogen-bond donors (Lipinski definition) is 1. The lowest BCUT2D eigenvalue weighted by molar-refractivity contribution is 0.424. The largest absolute Gasteiger partial charge is 0.377 e. The van der Waals surface area contributed by atoms with E-state index in [2.05, 4.69) is 70.7 Å². The first-order valence-corrected chi connectivity index (χ1v) is 8.80. The van der Waals surface area contributed by atoms with Gasteiger partial charge in [-0.1, -0.05) is 63.9 Å². The first kappa shape index (κ1) is 14.3. The lowest BCUT2D eigenvalue weighted by Crippen LogP contribution is -2.30. The first-order valence-electron chi connectivity index (χ1n) is 7.63. The topological polar surface area (TPSA) is 12.0 Å². The van der Waals surface area contributed by atoms with Gasteiger partial charge in [0.05, 0.1) is 6.04 Å². The number of halogens is 2. The van der Waals surface area contributed by atoms with Crippen molar-refractivity contribution in [2.75, 3.05) is 5.32 Å². The Labute approximate surface area is 144 Å². The van der Waals surface area contributed by atoms with E-state index in [0.717, 1.165) is 11.4 Å². The number of nitrogens with one attached hydrogen (secondary N) is 1. The smallest absolute Gasteiger partial charge is 0.0565 e. The molecule has 0 aromatic heterocycles. The molecule has 1 N–H and O–H groups in total. The number of aryl methyl sites for hydroxylation is 1. The monoisotopic (exact) mass is 373 g/mol. The van der Waals surface area contributed by atoms with Gasteiger partial charge in [0.1, 0.15) is 0 Å². The molecular formula is C19H17BrClN. The summed E-state index contributed by atoms with van der Waals surface area (Å²) in [6.45, 7) is 2.15. The molecule has 1 aliphatic carbocycles. The van der Waals surface area contributed by atoms with Crippen molar-refractivity contribution < 1.29 is 0 Å². The van der Waals surface area contributed by atoms with Crippen LogP contribution in [0.25, 0.3) is 0 Å². The second-order valence-corrected chi connectivity index (χ2v) is 7.41. The van der Waals surface area contributed by atoms with Crippen molar-refractivity contribution in [3.63, 3.8) is 0 Å². The standard InChI is InChI=1S/C19H17BrClN/c1-11-9-10-16(21)17-12-6-4-7-13(12)19(22-18(11)17)14-5-2-3-8-15(14)20/h2-6,8-10,12-13,19,22H,7H2,1H3. The van der Waals surface area contributed by atoms with Crippen LogP contribution in [0.5, 0.6) is 0 Å². The Morgan fingerprint density at radius 3 is 2.82 bits per heavy atom. The molecule has 3 atom stereocenters. The summed E-state index contributed by atoms with van der Waals surface area (Å²) in [5, 5.41) is 4.66. The third kappa shape index (κ3) is 2.12. The molecule has 0 saturated carbocycles. The van der Waals surface area contributed by atoms with E-state index in [4.69, 9.17) is 11.6 Å². The Morgan fingerprint density at radius 1 is 1.18 bits per heavy atom. The zero-order valence-corrected chi connectivity index (χ0v) is 14.7. The molecule has 0 radical (unpaired) electrons. The number of anilines is 1. The van der Waals surface area contributed by atoms with Gasteiger partial charge in [-0.2, -0.15) is 0 Å². The zero-order chi connectivity index (χ0) is 15.3. The van der Waals surface area contributed by atoms with E-state index in [0.29, 0.717) is 17.9 Å². The van der Waals surface area contributed by atoms with Gasteiger partial charge in [-0.25, -0.2) is 0 Å². The van der Waals surface area contributed by atoms with Crippen LogP contribution in [0.15, 0.2) is 53.0 Å². The molecule has 1 heterocycles. The van der Waals surface area contributed by atoms with Gasteiger partial charge in [0.2, 0.25) is 0 Å². The zero-order valence-electron chi connectivity index (χ0n) is 12.3. The molecule has 0 saturated heterocycles. The van der Waals surface area contributed by atoms with Crippen molar-refractivity contribution in [1.29, 1.82) is 0 Å². The molecule has 0 spiro atoms. The van der Waals surface area contributed by atoms with Crippen LogP contribution in [0.4, 0.5) is 5.69 Å². The molecule has 22 heavy (non-hydrogen) atoms. The van der Waals surface area contributed by atoms with Crippen LogP contribution in [-0.4, -0.2) is 0 Å². The number of allylic oxidation sites excluding steroid dienone is 2. The minimum Gasteiger partial charge on any atom is -0.377 e. The van der Waals surface area contributed by atoms with E-state index in [-0.39, 0.29) is 0 Å². The molecule has 1 nitrogen and oxygen atoms in total. The molecule has 3 unspecified atom stereocenters. The predicted octanol–water partition coefficient (Wildman–Crippen LogP) is 6.24. The van der Waals surface area contributed by atoms with E-state index in [1.165, 1.54) is 26.9 Å². The molecule has 1 aliphatic heterocycles. The molecule has 112 valence electrons. The molecule has 0 bridgehead atoms. The maximum Gasteiger partial charge on any atom is 0.0565 e. The van der Waals surface area contributed by atoms with E-state index >= 15 is 0 Å². The highest BCUT2D eigenvalue weighted by Gasteiger charge is 2.40. The van der Waals surface area contributed by atoms with Gasteiger partial charge >= 0.3 is 0 Å². The highest BCUT2D eigenvalue weighted by Crippen LogP contribution is 2.53. The van der Waals surface area contributed by atoms with Gasteiger partial charge in [-0.05, 0) is 42.5 Å². The van der Waals surface area contributed by atoms with Crippen LogP contribution in [0.1, 0.15) is 35.1 Å². The van der Waals surface area contributed by atoms with Crippen LogP contribution in [0.3, 0.4) is 0 Å². The number of rotatable bonds is 1. The summed E-state index contributed by atoms with van der Waals surface area (Å²) in [5.41, 5.74) is 5.06. The van der Waals surface area contributed by atoms with E-state index < -0.39 is 0 Å². The average Bonchev–Trinajstić information content (AvgIpc) is 3.00. The van der Waals surface area contributed by atoms with Crippen LogP contribution in [0, 0.1) is 12.8 Å².